The fraction of sp³-hybridized carbons (Fsp3) is 0.417. The zero-order valence-corrected chi connectivity index (χ0v) is 11.3. The van der Waals surface area contributed by atoms with Crippen LogP contribution in [0.1, 0.15) is 18.4 Å². The second kappa shape index (κ2) is 6.88. The monoisotopic (exact) mass is 342 g/mol. The van der Waals surface area contributed by atoms with Crippen LogP contribution in [0.3, 0.4) is 0 Å². The van der Waals surface area contributed by atoms with Gasteiger partial charge in [0.25, 0.3) is 0 Å². The molecule has 0 radical (unpaired) electrons. The van der Waals surface area contributed by atoms with Crippen molar-refractivity contribution in [3.63, 3.8) is 0 Å². The molecular formula is C12H11BrF4O2. The van der Waals surface area contributed by atoms with Crippen LogP contribution in [0.15, 0.2) is 24.3 Å². The molecule has 7 heteroatoms. The lowest BCUT2D eigenvalue weighted by atomic mass is 10.2. The average Bonchev–Trinajstić information content (AvgIpc) is 2.35. The molecule has 0 heterocycles. The molecule has 0 aliphatic heterocycles. The highest BCUT2D eigenvalue weighted by molar-refractivity contribution is 9.09. The Morgan fingerprint density at radius 3 is 2.63 bits per heavy atom. The molecule has 0 saturated carbocycles. The van der Waals surface area contributed by atoms with Gasteiger partial charge in [0.15, 0.2) is 5.78 Å². The van der Waals surface area contributed by atoms with Gasteiger partial charge in [-0.1, -0.05) is 6.07 Å². The molecule has 0 N–H and O–H groups in total. The summed E-state index contributed by atoms with van der Waals surface area (Å²) in [5, 5.41) is -1.08. The molecule has 1 aromatic rings. The highest BCUT2D eigenvalue weighted by atomic mass is 79.9. The van der Waals surface area contributed by atoms with Gasteiger partial charge in [0.1, 0.15) is 5.75 Å². The van der Waals surface area contributed by atoms with Crippen LogP contribution in [0.2, 0.25) is 0 Å². The average molecular weight is 343 g/mol. The van der Waals surface area contributed by atoms with Gasteiger partial charge in [0.2, 0.25) is 5.01 Å². The molecule has 1 rings (SSSR count). The smallest absolute Gasteiger partial charge is 0.416 e. The predicted molar refractivity (Wildman–Crippen MR) is 65.0 cm³/mol. The fourth-order valence-corrected chi connectivity index (χ4v) is 1.73. The van der Waals surface area contributed by atoms with Crippen molar-refractivity contribution in [1.82, 2.24) is 0 Å². The summed E-state index contributed by atoms with van der Waals surface area (Å²) in [5.41, 5.74) is -0.860. The molecular weight excluding hydrogens is 332 g/mol. The lowest BCUT2D eigenvalue weighted by Crippen LogP contribution is -2.20. The van der Waals surface area contributed by atoms with Crippen molar-refractivity contribution in [2.75, 3.05) is 6.67 Å². The standard InChI is InChI=1S/C12H11BrF4O2/c13-11(10(18)5-2-6-14)19-9-4-1-3-8(7-9)12(15,16)17/h1,3-4,7,11H,2,5-6H2. The number of alkyl halides is 5. The summed E-state index contributed by atoms with van der Waals surface area (Å²) >= 11 is 2.91. The first-order valence-corrected chi connectivity index (χ1v) is 6.33. The van der Waals surface area contributed by atoms with E-state index in [9.17, 15) is 22.4 Å². The molecule has 0 spiro atoms. The molecule has 1 unspecified atom stereocenters. The maximum Gasteiger partial charge on any atom is 0.416 e. The van der Waals surface area contributed by atoms with Crippen LogP contribution in [0, 0.1) is 0 Å². The highest BCUT2D eigenvalue weighted by Gasteiger charge is 2.30. The Labute approximate surface area is 115 Å². The maximum atomic E-state index is 12.5. The van der Waals surface area contributed by atoms with Gasteiger partial charge < -0.3 is 4.74 Å². The van der Waals surface area contributed by atoms with Gasteiger partial charge in [-0.2, -0.15) is 13.2 Å². The molecule has 0 aliphatic rings. The first-order chi connectivity index (χ1) is 8.84. The van der Waals surface area contributed by atoms with Gasteiger partial charge in [-0.15, -0.1) is 0 Å². The summed E-state index contributed by atoms with van der Waals surface area (Å²) in [4.78, 5) is 11.4. The molecule has 2 nitrogen and oxygen atoms in total. The quantitative estimate of drug-likeness (QED) is 0.574. The lowest BCUT2D eigenvalue weighted by Gasteiger charge is -2.13. The number of hydrogen-bond donors (Lipinski definition) is 0. The summed E-state index contributed by atoms with van der Waals surface area (Å²) in [7, 11) is 0. The number of benzene rings is 1. The van der Waals surface area contributed by atoms with E-state index in [4.69, 9.17) is 4.74 Å². The lowest BCUT2D eigenvalue weighted by molar-refractivity contribution is -0.137. The van der Waals surface area contributed by atoms with Crippen molar-refractivity contribution < 1.29 is 27.1 Å². The van der Waals surface area contributed by atoms with Gasteiger partial charge in [-0.3, -0.25) is 9.18 Å². The number of carbonyl (C=O) groups is 1. The summed E-state index contributed by atoms with van der Waals surface area (Å²) in [6.07, 6.45) is -4.45. The number of rotatable bonds is 6. The molecule has 0 saturated heterocycles. The van der Waals surface area contributed by atoms with Crippen molar-refractivity contribution in [3.8, 4) is 5.75 Å². The summed E-state index contributed by atoms with van der Waals surface area (Å²) < 4.78 is 54.3. The Kier molecular flexibility index (Phi) is 5.78. The van der Waals surface area contributed by atoms with Crippen LogP contribution in [0.4, 0.5) is 17.6 Å². The molecule has 0 amide bonds. The Balaban J connectivity index is 2.69. The molecule has 1 atom stereocenters. The molecule has 106 valence electrons. The van der Waals surface area contributed by atoms with Crippen molar-refractivity contribution in [1.29, 1.82) is 0 Å². The topological polar surface area (TPSA) is 26.3 Å². The minimum Gasteiger partial charge on any atom is -0.471 e. The number of Topliss-reactive ketones (excluding diaryl/α,β-unsaturated/α-hetero) is 1. The molecule has 19 heavy (non-hydrogen) atoms. The third-order valence-corrected chi connectivity index (χ3v) is 2.91. The van der Waals surface area contributed by atoms with Crippen LogP contribution < -0.4 is 4.74 Å². The highest BCUT2D eigenvalue weighted by Crippen LogP contribution is 2.31. The first kappa shape index (κ1) is 15.9. The molecule has 1 aromatic carbocycles. The van der Waals surface area contributed by atoms with E-state index in [0.717, 1.165) is 12.1 Å². The molecule has 0 bridgehead atoms. The first-order valence-electron chi connectivity index (χ1n) is 5.41. The molecule has 0 aliphatic carbocycles. The Morgan fingerprint density at radius 2 is 2.05 bits per heavy atom. The zero-order chi connectivity index (χ0) is 14.5. The van der Waals surface area contributed by atoms with Crippen molar-refractivity contribution in [2.45, 2.75) is 24.0 Å². The second-order valence-electron chi connectivity index (χ2n) is 3.72. The fourth-order valence-electron chi connectivity index (χ4n) is 1.29. The van der Waals surface area contributed by atoms with Crippen LogP contribution >= 0.6 is 15.9 Å². The Morgan fingerprint density at radius 1 is 1.37 bits per heavy atom. The largest absolute Gasteiger partial charge is 0.471 e. The summed E-state index contributed by atoms with van der Waals surface area (Å²) in [6, 6.07) is 4.20. The van der Waals surface area contributed by atoms with Crippen molar-refractivity contribution >= 4 is 21.7 Å². The van der Waals surface area contributed by atoms with E-state index in [1.165, 1.54) is 12.1 Å². The van der Waals surface area contributed by atoms with Gasteiger partial charge in [-0.05, 0) is 40.5 Å². The van der Waals surface area contributed by atoms with E-state index in [1.807, 2.05) is 0 Å². The number of carbonyl (C=O) groups excluding carboxylic acids is 1. The Hall–Kier alpha value is -1.11. The van der Waals surface area contributed by atoms with Crippen LogP contribution in [-0.2, 0) is 11.0 Å². The maximum absolute atomic E-state index is 12.5. The number of ketones is 1. The normalized spacial score (nSPS) is 13.1. The van der Waals surface area contributed by atoms with Gasteiger partial charge in [-0.25, -0.2) is 0 Å². The minimum atomic E-state index is -4.47. The zero-order valence-electron chi connectivity index (χ0n) is 9.71. The van der Waals surface area contributed by atoms with E-state index in [0.29, 0.717) is 0 Å². The van der Waals surface area contributed by atoms with E-state index in [2.05, 4.69) is 15.9 Å². The van der Waals surface area contributed by atoms with E-state index < -0.39 is 29.2 Å². The summed E-state index contributed by atoms with van der Waals surface area (Å²) in [6.45, 7) is -0.630. The van der Waals surface area contributed by atoms with Crippen LogP contribution in [0.5, 0.6) is 5.75 Å². The molecule has 0 fully saturated rings. The van der Waals surface area contributed by atoms with E-state index in [-0.39, 0.29) is 18.6 Å². The number of hydrogen-bond acceptors (Lipinski definition) is 2. The third-order valence-electron chi connectivity index (χ3n) is 2.21. The predicted octanol–water partition coefficient (Wildman–Crippen LogP) is 4.12. The second-order valence-corrected chi connectivity index (χ2v) is 4.55. The number of halogens is 5. The van der Waals surface area contributed by atoms with Crippen LogP contribution in [-0.4, -0.2) is 17.5 Å². The SMILES string of the molecule is O=C(CCCF)C(Br)Oc1cccc(C(F)(F)F)c1. The van der Waals surface area contributed by atoms with Gasteiger partial charge >= 0.3 is 6.18 Å². The van der Waals surface area contributed by atoms with Gasteiger partial charge in [0.05, 0.1) is 12.2 Å². The third kappa shape index (κ3) is 5.18. The Bertz CT molecular complexity index is 434. The van der Waals surface area contributed by atoms with Crippen LogP contribution in [0.25, 0.3) is 0 Å². The van der Waals surface area contributed by atoms with Crippen molar-refractivity contribution in [2.24, 2.45) is 0 Å². The minimum absolute atomic E-state index is 0.0363. The van der Waals surface area contributed by atoms with E-state index in [1.54, 1.807) is 0 Å². The summed E-state index contributed by atoms with van der Waals surface area (Å²) in [5.74, 6) is -0.500. The number of ether oxygens (including phenoxy) is 1. The van der Waals surface area contributed by atoms with E-state index >= 15 is 0 Å². The van der Waals surface area contributed by atoms with Crippen molar-refractivity contribution in [3.05, 3.63) is 29.8 Å². The van der Waals surface area contributed by atoms with Gasteiger partial charge in [0, 0.05) is 6.42 Å². The molecule has 0 aromatic heterocycles.